The molecule has 0 fully saturated rings. The zero-order valence-electron chi connectivity index (χ0n) is 13.1. The van der Waals surface area contributed by atoms with Crippen LogP contribution < -0.4 is 9.54 Å². The number of hydrogen-bond donors (Lipinski definition) is 0. The number of ether oxygens (including phenoxy) is 1. The van der Waals surface area contributed by atoms with Gasteiger partial charge in [-0.25, -0.2) is 0 Å². The smallest absolute Gasteiger partial charge is 0.272 e. The van der Waals surface area contributed by atoms with Gasteiger partial charge in [0.2, 0.25) is 0 Å². The molecule has 0 bridgehead atoms. The van der Waals surface area contributed by atoms with Crippen LogP contribution in [0.1, 0.15) is 4.88 Å². The number of benzene rings is 1. The number of hydrogen-bond acceptors (Lipinski definition) is 4. The third kappa shape index (κ3) is 3.39. The second-order valence-electron chi connectivity index (χ2n) is 4.89. The summed E-state index contributed by atoms with van der Waals surface area (Å²) in [5.74, 6) is 0.473. The van der Waals surface area contributed by atoms with Crippen molar-refractivity contribution in [2.45, 2.75) is 6.54 Å². The summed E-state index contributed by atoms with van der Waals surface area (Å²) in [7, 11) is 1.64. The molecule has 4 nitrogen and oxygen atoms in total. The van der Waals surface area contributed by atoms with Crippen LogP contribution in [0, 0.1) is 0 Å². The van der Waals surface area contributed by atoms with Gasteiger partial charge in [0.25, 0.3) is 5.91 Å². The molecular formula is C18H16N2O2S2. The summed E-state index contributed by atoms with van der Waals surface area (Å²) in [6.45, 7) is 4.35. The van der Waals surface area contributed by atoms with Crippen LogP contribution >= 0.6 is 22.7 Å². The quantitative estimate of drug-likeness (QED) is 0.510. The predicted molar refractivity (Wildman–Crippen MR) is 100 cm³/mol. The second-order valence-corrected chi connectivity index (χ2v) is 6.88. The summed E-state index contributed by atoms with van der Waals surface area (Å²) >= 11 is 3.04. The highest BCUT2D eigenvalue weighted by Gasteiger charge is 2.10. The summed E-state index contributed by atoms with van der Waals surface area (Å²) in [4.78, 5) is 18.1. The first-order valence-corrected chi connectivity index (χ1v) is 9.00. The Balaban J connectivity index is 2.06. The van der Waals surface area contributed by atoms with Crippen LogP contribution in [0.25, 0.3) is 16.3 Å². The van der Waals surface area contributed by atoms with Gasteiger partial charge >= 0.3 is 0 Å². The number of rotatable bonds is 5. The predicted octanol–water partition coefficient (Wildman–Crippen LogP) is 4.10. The molecule has 0 unspecified atom stereocenters. The minimum absolute atomic E-state index is 0.285. The molecule has 0 radical (unpaired) electrons. The van der Waals surface area contributed by atoms with E-state index < -0.39 is 0 Å². The van der Waals surface area contributed by atoms with E-state index >= 15 is 0 Å². The van der Waals surface area contributed by atoms with Crippen molar-refractivity contribution in [1.29, 1.82) is 0 Å². The van der Waals surface area contributed by atoms with Crippen LogP contribution in [0.15, 0.2) is 59.4 Å². The van der Waals surface area contributed by atoms with Gasteiger partial charge in [-0.2, -0.15) is 4.99 Å². The van der Waals surface area contributed by atoms with E-state index in [0.717, 1.165) is 20.8 Å². The number of thiazole rings is 1. The molecule has 3 aromatic rings. The van der Waals surface area contributed by atoms with Crippen molar-refractivity contribution in [3.63, 3.8) is 0 Å². The molecule has 0 aliphatic carbocycles. The maximum atomic E-state index is 12.2. The van der Waals surface area contributed by atoms with Crippen molar-refractivity contribution < 1.29 is 9.53 Å². The van der Waals surface area contributed by atoms with E-state index in [1.807, 2.05) is 40.3 Å². The number of para-hydroxylation sites is 1. The molecule has 0 atom stereocenters. The van der Waals surface area contributed by atoms with Crippen LogP contribution in [0.4, 0.5) is 0 Å². The maximum Gasteiger partial charge on any atom is 0.272 e. The van der Waals surface area contributed by atoms with E-state index in [2.05, 4.69) is 11.6 Å². The van der Waals surface area contributed by atoms with Gasteiger partial charge in [0.1, 0.15) is 11.3 Å². The van der Waals surface area contributed by atoms with Crippen molar-refractivity contribution >= 4 is 44.9 Å². The van der Waals surface area contributed by atoms with Gasteiger partial charge < -0.3 is 9.30 Å². The number of carbonyl (C=O) groups excluding carboxylic acids is 1. The Labute approximate surface area is 147 Å². The fraction of sp³-hybridized carbons (Fsp3) is 0.111. The fourth-order valence-corrected chi connectivity index (χ4v) is 4.00. The van der Waals surface area contributed by atoms with E-state index in [0.29, 0.717) is 11.3 Å². The van der Waals surface area contributed by atoms with Gasteiger partial charge in [0, 0.05) is 17.5 Å². The minimum atomic E-state index is -0.285. The molecule has 6 heteroatoms. The lowest BCUT2D eigenvalue weighted by Gasteiger charge is -2.05. The van der Waals surface area contributed by atoms with Gasteiger partial charge in [0.15, 0.2) is 4.80 Å². The third-order valence-corrected chi connectivity index (χ3v) is 5.22. The van der Waals surface area contributed by atoms with E-state index in [-0.39, 0.29) is 5.91 Å². The van der Waals surface area contributed by atoms with Crippen molar-refractivity contribution in [2.75, 3.05) is 7.11 Å². The highest BCUT2D eigenvalue weighted by Crippen LogP contribution is 2.27. The zero-order chi connectivity index (χ0) is 16.9. The molecule has 0 spiro atoms. The molecule has 122 valence electrons. The zero-order valence-corrected chi connectivity index (χ0v) is 14.8. The second kappa shape index (κ2) is 7.42. The average molecular weight is 356 g/mol. The van der Waals surface area contributed by atoms with Crippen LogP contribution in [-0.4, -0.2) is 17.6 Å². The standard InChI is InChI=1S/C18H16N2O2S2/c1-3-11-20-17-14(22-2)7-4-8-15(17)24-18(20)19-16(21)10-9-13-6-5-12-23-13/h3-10,12H,1,11H2,2H3. The monoisotopic (exact) mass is 356 g/mol. The SMILES string of the molecule is C=CCn1c(=NC(=O)C=Cc2cccs2)sc2cccc(OC)c21. The number of nitrogens with zero attached hydrogens (tertiary/aromatic N) is 2. The van der Waals surface area contributed by atoms with Crippen LogP contribution in [0.2, 0.25) is 0 Å². The first kappa shape index (κ1) is 16.4. The molecule has 1 aromatic carbocycles. The van der Waals surface area contributed by atoms with Gasteiger partial charge in [-0.15, -0.1) is 17.9 Å². The highest BCUT2D eigenvalue weighted by molar-refractivity contribution is 7.16. The van der Waals surface area contributed by atoms with E-state index in [1.54, 1.807) is 30.6 Å². The Morgan fingerprint density at radius 2 is 2.25 bits per heavy atom. The molecule has 0 N–H and O–H groups in total. The number of carbonyl (C=O) groups is 1. The van der Waals surface area contributed by atoms with Crippen LogP contribution in [0.5, 0.6) is 5.75 Å². The van der Waals surface area contributed by atoms with Crippen molar-refractivity contribution in [3.05, 3.63) is 64.1 Å². The number of thiophene rings is 1. The molecule has 0 aliphatic rings. The Bertz CT molecular complexity index is 963. The number of methoxy groups -OCH3 is 1. The fourth-order valence-electron chi connectivity index (χ4n) is 2.32. The molecule has 0 aliphatic heterocycles. The van der Waals surface area contributed by atoms with Gasteiger partial charge in [-0.1, -0.05) is 29.5 Å². The molecule has 0 saturated heterocycles. The molecule has 2 heterocycles. The summed E-state index contributed by atoms with van der Waals surface area (Å²) in [6, 6.07) is 9.72. The molecule has 3 rings (SSSR count). The van der Waals surface area contributed by atoms with Gasteiger partial charge in [0.05, 0.1) is 11.8 Å². The minimum Gasteiger partial charge on any atom is -0.495 e. The lowest BCUT2D eigenvalue weighted by atomic mass is 10.3. The van der Waals surface area contributed by atoms with Gasteiger partial charge in [-0.3, -0.25) is 4.79 Å². The van der Waals surface area contributed by atoms with Crippen molar-refractivity contribution in [1.82, 2.24) is 4.57 Å². The van der Waals surface area contributed by atoms with E-state index in [1.165, 1.54) is 17.4 Å². The Morgan fingerprint density at radius 1 is 1.38 bits per heavy atom. The third-order valence-electron chi connectivity index (χ3n) is 3.33. The number of aromatic nitrogens is 1. The summed E-state index contributed by atoms with van der Waals surface area (Å²) in [5, 5.41) is 1.97. The normalized spacial score (nSPS) is 12.1. The van der Waals surface area contributed by atoms with Crippen molar-refractivity contribution in [2.24, 2.45) is 4.99 Å². The number of amides is 1. The first-order valence-electron chi connectivity index (χ1n) is 7.30. The summed E-state index contributed by atoms with van der Waals surface area (Å²) < 4.78 is 8.41. The van der Waals surface area contributed by atoms with Gasteiger partial charge in [-0.05, 0) is 29.7 Å². The van der Waals surface area contributed by atoms with Crippen LogP contribution in [0.3, 0.4) is 0 Å². The number of fused-ring (bicyclic) bond motifs is 1. The summed E-state index contributed by atoms with van der Waals surface area (Å²) in [5.41, 5.74) is 0.929. The van der Waals surface area contributed by atoms with E-state index in [9.17, 15) is 4.79 Å². The Kier molecular flexibility index (Phi) is 5.08. The van der Waals surface area contributed by atoms with Crippen molar-refractivity contribution in [3.8, 4) is 5.75 Å². The molecule has 0 saturated carbocycles. The lowest BCUT2D eigenvalue weighted by molar-refractivity contribution is -0.113. The Hall–Kier alpha value is -2.44. The summed E-state index contributed by atoms with van der Waals surface area (Å²) in [6.07, 6.45) is 5.05. The number of allylic oxidation sites excluding steroid dienone is 1. The van der Waals surface area contributed by atoms with Crippen LogP contribution in [-0.2, 0) is 11.3 Å². The first-order chi connectivity index (χ1) is 11.7. The molecule has 24 heavy (non-hydrogen) atoms. The Morgan fingerprint density at radius 3 is 2.96 bits per heavy atom. The average Bonchev–Trinajstić information content (AvgIpc) is 3.21. The lowest BCUT2D eigenvalue weighted by Crippen LogP contribution is -2.15. The highest BCUT2D eigenvalue weighted by atomic mass is 32.1. The maximum absolute atomic E-state index is 12.2. The van der Waals surface area contributed by atoms with E-state index in [4.69, 9.17) is 4.74 Å². The molecular weight excluding hydrogens is 340 g/mol. The molecule has 2 aromatic heterocycles. The largest absolute Gasteiger partial charge is 0.495 e. The topological polar surface area (TPSA) is 43.6 Å². The molecule has 1 amide bonds.